The van der Waals surface area contributed by atoms with E-state index in [0.717, 1.165) is 0 Å². The number of nitrogens with one attached hydrogen (secondary N) is 1. The van der Waals surface area contributed by atoms with E-state index in [-0.39, 0.29) is 11.7 Å². The standard InChI is InChI=1S/C10H19N3O3S/c1-4-7-17(15,16)13-6-5-11-8-9(13)10(14)12(2)3/h4,9,11H,1,5-8H2,2-3H3. The summed E-state index contributed by atoms with van der Waals surface area (Å²) in [5, 5.41) is 3.04. The molecular formula is C10H19N3O3S. The number of sulfonamides is 1. The smallest absolute Gasteiger partial charge is 0.241 e. The average Bonchev–Trinajstić information content (AvgIpc) is 2.28. The van der Waals surface area contributed by atoms with Crippen molar-refractivity contribution in [1.29, 1.82) is 0 Å². The van der Waals surface area contributed by atoms with Crippen LogP contribution in [0.2, 0.25) is 0 Å². The average molecular weight is 261 g/mol. The van der Waals surface area contributed by atoms with E-state index < -0.39 is 16.1 Å². The molecule has 0 bridgehead atoms. The molecule has 1 fully saturated rings. The molecule has 0 radical (unpaired) electrons. The fraction of sp³-hybridized carbons (Fsp3) is 0.700. The minimum Gasteiger partial charge on any atom is -0.347 e. The van der Waals surface area contributed by atoms with E-state index in [2.05, 4.69) is 11.9 Å². The van der Waals surface area contributed by atoms with Gasteiger partial charge in [-0.1, -0.05) is 6.08 Å². The maximum Gasteiger partial charge on any atom is 0.241 e. The predicted octanol–water partition coefficient (Wildman–Crippen LogP) is -1.14. The van der Waals surface area contributed by atoms with Crippen LogP contribution in [0.4, 0.5) is 0 Å². The highest BCUT2D eigenvalue weighted by Crippen LogP contribution is 2.12. The van der Waals surface area contributed by atoms with E-state index in [1.165, 1.54) is 15.3 Å². The van der Waals surface area contributed by atoms with Gasteiger partial charge in [-0.3, -0.25) is 4.79 Å². The van der Waals surface area contributed by atoms with Gasteiger partial charge >= 0.3 is 0 Å². The normalized spacial score (nSPS) is 22.1. The number of hydrogen-bond acceptors (Lipinski definition) is 4. The van der Waals surface area contributed by atoms with Crippen molar-refractivity contribution in [3.05, 3.63) is 12.7 Å². The monoisotopic (exact) mass is 261 g/mol. The second kappa shape index (κ2) is 5.61. The molecular weight excluding hydrogens is 242 g/mol. The zero-order chi connectivity index (χ0) is 13.1. The highest BCUT2D eigenvalue weighted by molar-refractivity contribution is 7.89. The third-order valence-corrected chi connectivity index (χ3v) is 4.41. The molecule has 1 saturated heterocycles. The SMILES string of the molecule is C=CCS(=O)(=O)N1CCNCC1C(=O)N(C)C. The van der Waals surface area contributed by atoms with Crippen molar-refractivity contribution in [3.8, 4) is 0 Å². The number of piperazine rings is 1. The fourth-order valence-electron chi connectivity index (χ4n) is 1.77. The Hall–Kier alpha value is -0.920. The van der Waals surface area contributed by atoms with Crippen molar-refractivity contribution >= 4 is 15.9 Å². The highest BCUT2D eigenvalue weighted by Gasteiger charge is 2.36. The van der Waals surface area contributed by atoms with Crippen LogP contribution >= 0.6 is 0 Å². The first-order chi connectivity index (χ1) is 7.90. The molecule has 0 saturated carbocycles. The summed E-state index contributed by atoms with van der Waals surface area (Å²) in [6.45, 7) is 4.67. The lowest BCUT2D eigenvalue weighted by Crippen LogP contribution is -2.59. The second-order valence-corrected chi connectivity index (χ2v) is 6.10. The van der Waals surface area contributed by atoms with Crippen molar-refractivity contribution in [2.45, 2.75) is 6.04 Å². The summed E-state index contributed by atoms with van der Waals surface area (Å²) in [7, 11) is -0.193. The van der Waals surface area contributed by atoms with E-state index in [4.69, 9.17) is 0 Å². The van der Waals surface area contributed by atoms with Gasteiger partial charge in [-0.2, -0.15) is 4.31 Å². The van der Waals surface area contributed by atoms with Crippen molar-refractivity contribution in [1.82, 2.24) is 14.5 Å². The molecule has 0 aromatic carbocycles. The maximum absolute atomic E-state index is 12.0. The van der Waals surface area contributed by atoms with Crippen LogP contribution in [0.25, 0.3) is 0 Å². The summed E-state index contributed by atoms with van der Waals surface area (Å²) in [5.41, 5.74) is 0. The second-order valence-electron chi connectivity index (χ2n) is 4.13. The minimum absolute atomic E-state index is 0.135. The summed E-state index contributed by atoms with van der Waals surface area (Å²) in [6, 6.07) is -0.649. The molecule has 0 aromatic heterocycles. The molecule has 1 N–H and O–H groups in total. The number of amides is 1. The summed E-state index contributed by atoms with van der Waals surface area (Å²) >= 11 is 0. The topological polar surface area (TPSA) is 69.7 Å². The molecule has 1 aliphatic heterocycles. The van der Waals surface area contributed by atoms with Crippen LogP contribution in [0, 0.1) is 0 Å². The molecule has 98 valence electrons. The summed E-state index contributed by atoms with van der Waals surface area (Å²) in [4.78, 5) is 13.3. The van der Waals surface area contributed by atoms with Crippen LogP contribution in [0.5, 0.6) is 0 Å². The summed E-state index contributed by atoms with van der Waals surface area (Å²) in [5.74, 6) is -0.339. The summed E-state index contributed by atoms with van der Waals surface area (Å²) < 4.78 is 25.2. The molecule has 1 atom stereocenters. The van der Waals surface area contributed by atoms with Gasteiger partial charge in [0.1, 0.15) is 6.04 Å². The van der Waals surface area contributed by atoms with Gasteiger partial charge in [-0.15, -0.1) is 6.58 Å². The van der Waals surface area contributed by atoms with Gasteiger partial charge in [0.2, 0.25) is 15.9 Å². The Balaban J connectivity index is 2.94. The highest BCUT2D eigenvalue weighted by atomic mass is 32.2. The van der Waals surface area contributed by atoms with E-state index in [1.807, 2.05) is 0 Å². The lowest BCUT2D eigenvalue weighted by Gasteiger charge is -2.35. The first-order valence-electron chi connectivity index (χ1n) is 5.42. The van der Waals surface area contributed by atoms with Crippen molar-refractivity contribution in [2.24, 2.45) is 0 Å². The van der Waals surface area contributed by atoms with Crippen LogP contribution in [0.15, 0.2) is 12.7 Å². The zero-order valence-electron chi connectivity index (χ0n) is 10.2. The van der Waals surface area contributed by atoms with Crippen LogP contribution < -0.4 is 5.32 Å². The Kier molecular flexibility index (Phi) is 4.67. The molecule has 1 rings (SSSR count). The molecule has 7 heteroatoms. The number of nitrogens with zero attached hydrogens (tertiary/aromatic N) is 2. The van der Waals surface area contributed by atoms with Gasteiger partial charge in [0.25, 0.3) is 0 Å². The fourth-order valence-corrected chi connectivity index (χ4v) is 3.18. The van der Waals surface area contributed by atoms with Crippen LogP contribution in [-0.2, 0) is 14.8 Å². The number of rotatable bonds is 4. The lowest BCUT2D eigenvalue weighted by molar-refractivity contribution is -0.133. The van der Waals surface area contributed by atoms with Crippen molar-refractivity contribution in [2.75, 3.05) is 39.5 Å². The molecule has 0 spiro atoms. The summed E-state index contributed by atoms with van der Waals surface area (Å²) in [6.07, 6.45) is 1.34. The van der Waals surface area contributed by atoms with Gasteiger partial charge < -0.3 is 10.2 Å². The Labute approximate surface area is 102 Å². The maximum atomic E-state index is 12.0. The Morgan fingerprint density at radius 2 is 2.24 bits per heavy atom. The molecule has 1 unspecified atom stereocenters. The van der Waals surface area contributed by atoms with Gasteiger partial charge in [0.15, 0.2) is 0 Å². The van der Waals surface area contributed by atoms with Crippen molar-refractivity contribution < 1.29 is 13.2 Å². The van der Waals surface area contributed by atoms with E-state index in [0.29, 0.717) is 19.6 Å². The Morgan fingerprint density at radius 3 is 2.76 bits per heavy atom. The van der Waals surface area contributed by atoms with Crippen LogP contribution in [0.3, 0.4) is 0 Å². The third kappa shape index (κ3) is 3.27. The van der Waals surface area contributed by atoms with E-state index in [1.54, 1.807) is 14.1 Å². The number of carbonyl (C=O) groups excluding carboxylic acids is 1. The predicted molar refractivity (Wildman–Crippen MR) is 66.0 cm³/mol. The lowest BCUT2D eigenvalue weighted by atomic mass is 10.2. The number of carbonyl (C=O) groups is 1. The third-order valence-electron chi connectivity index (χ3n) is 2.61. The van der Waals surface area contributed by atoms with Gasteiger partial charge in [-0.05, 0) is 0 Å². The quantitative estimate of drug-likeness (QED) is 0.650. The number of hydrogen-bond donors (Lipinski definition) is 1. The first-order valence-corrected chi connectivity index (χ1v) is 7.03. The number of likely N-dealkylation sites (N-methyl/N-ethyl adjacent to an activating group) is 1. The molecule has 17 heavy (non-hydrogen) atoms. The molecule has 1 amide bonds. The Bertz CT molecular complexity index is 392. The van der Waals surface area contributed by atoms with Gasteiger partial charge in [0, 0.05) is 33.7 Å². The van der Waals surface area contributed by atoms with Gasteiger partial charge in [-0.25, -0.2) is 8.42 Å². The molecule has 1 heterocycles. The first kappa shape index (κ1) is 14.1. The van der Waals surface area contributed by atoms with Crippen LogP contribution in [0.1, 0.15) is 0 Å². The molecule has 1 aliphatic rings. The molecule has 0 aromatic rings. The van der Waals surface area contributed by atoms with E-state index >= 15 is 0 Å². The zero-order valence-corrected chi connectivity index (χ0v) is 11.0. The van der Waals surface area contributed by atoms with Crippen molar-refractivity contribution in [3.63, 3.8) is 0 Å². The largest absolute Gasteiger partial charge is 0.347 e. The molecule has 0 aliphatic carbocycles. The van der Waals surface area contributed by atoms with Gasteiger partial charge in [0.05, 0.1) is 5.75 Å². The van der Waals surface area contributed by atoms with E-state index in [9.17, 15) is 13.2 Å². The molecule has 6 nitrogen and oxygen atoms in total. The van der Waals surface area contributed by atoms with Crippen LogP contribution in [-0.4, -0.2) is 69.1 Å². The minimum atomic E-state index is -3.43. The Morgan fingerprint density at radius 1 is 1.59 bits per heavy atom.